The Morgan fingerprint density at radius 2 is 2.18 bits per heavy atom. The van der Waals surface area contributed by atoms with Crippen LogP contribution in [-0.2, 0) is 11.3 Å². The van der Waals surface area contributed by atoms with Crippen LogP contribution in [-0.4, -0.2) is 43.6 Å². The Hall–Kier alpha value is -1.30. The van der Waals surface area contributed by atoms with Crippen LogP contribution < -0.4 is 15.8 Å². The number of hydrogen-bond donors (Lipinski definition) is 2. The number of likely N-dealkylation sites (tertiary alicyclic amines) is 1. The fourth-order valence-corrected chi connectivity index (χ4v) is 2.89. The molecule has 1 saturated heterocycles. The number of para-hydroxylation sites is 1. The average Bonchev–Trinajstić information content (AvgIpc) is 2.85. The minimum Gasteiger partial charge on any atom is -0.496 e. The van der Waals surface area contributed by atoms with Crippen LogP contribution in [0.3, 0.4) is 0 Å². The zero-order chi connectivity index (χ0) is 15.2. The van der Waals surface area contributed by atoms with Gasteiger partial charge in [-0.3, -0.25) is 9.69 Å². The van der Waals surface area contributed by atoms with Gasteiger partial charge in [0.15, 0.2) is 0 Å². The minimum absolute atomic E-state index is 0. The standard InChI is InChI=1S/C16H25N3O2.ClH/c1-12-7-13(8-17)10-19(12)11-16(20)18-9-14-5-3-4-6-15(14)21-2;/h3-6,12-13H,7-11,17H2,1-2H3,(H,18,20);1H. The molecule has 1 aliphatic rings. The van der Waals surface area contributed by atoms with E-state index in [2.05, 4.69) is 17.1 Å². The van der Waals surface area contributed by atoms with Crippen molar-refractivity contribution in [1.82, 2.24) is 10.2 Å². The highest BCUT2D eigenvalue weighted by Gasteiger charge is 2.29. The SMILES string of the molecule is COc1ccccc1CNC(=O)CN1CC(CN)CC1C.Cl. The van der Waals surface area contributed by atoms with Crippen LogP contribution >= 0.6 is 12.4 Å². The molecule has 0 bridgehead atoms. The molecule has 6 heteroatoms. The number of carbonyl (C=O) groups excluding carboxylic acids is 1. The predicted molar refractivity (Wildman–Crippen MR) is 90.3 cm³/mol. The van der Waals surface area contributed by atoms with E-state index in [1.165, 1.54) is 0 Å². The molecule has 1 aromatic carbocycles. The Kier molecular flexibility index (Phi) is 7.65. The second kappa shape index (κ2) is 8.98. The molecule has 2 atom stereocenters. The van der Waals surface area contributed by atoms with Crippen molar-refractivity contribution >= 4 is 18.3 Å². The third kappa shape index (κ3) is 4.87. The van der Waals surface area contributed by atoms with Crippen LogP contribution in [0.2, 0.25) is 0 Å². The fourth-order valence-electron chi connectivity index (χ4n) is 2.89. The number of carbonyl (C=O) groups is 1. The van der Waals surface area contributed by atoms with E-state index in [0.29, 0.717) is 31.6 Å². The zero-order valence-electron chi connectivity index (χ0n) is 13.2. The zero-order valence-corrected chi connectivity index (χ0v) is 14.1. The molecule has 1 fully saturated rings. The van der Waals surface area contributed by atoms with Gasteiger partial charge in [-0.05, 0) is 31.9 Å². The lowest BCUT2D eigenvalue weighted by Crippen LogP contribution is -2.39. The van der Waals surface area contributed by atoms with Crippen molar-refractivity contribution in [2.75, 3.05) is 26.7 Å². The molecule has 2 rings (SSSR count). The monoisotopic (exact) mass is 327 g/mol. The van der Waals surface area contributed by atoms with Gasteiger partial charge in [0.1, 0.15) is 5.75 Å². The van der Waals surface area contributed by atoms with E-state index in [1.54, 1.807) is 7.11 Å². The van der Waals surface area contributed by atoms with Crippen molar-refractivity contribution in [2.45, 2.75) is 25.9 Å². The lowest BCUT2D eigenvalue weighted by atomic mass is 10.1. The van der Waals surface area contributed by atoms with Crippen molar-refractivity contribution in [3.8, 4) is 5.75 Å². The van der Waals surface area contributed by atoms with Crippen molar-refractivity contribution < 1.29 is 9.53 Å². The summed E-state index contributed by atoms with van der Waals surface area (Å²) < 4.78 is 5.28. The van der Waals surface area contributed by atoms with Crippen molar-refractivity contribution in [2.24, 2.45) is 11.7 Å². The van der Waals surface area contributed by atoms with Gasteiger partial charge in [0.25, 0.3) is 0 Å². The first kappa shape index (κ1) is 18.7. The minimum atomic E-state index is 0. The third-order valence-electron chi connectivity index (χ3n) is 4.14. The predicted octanol–water partition coefficient (Wildman–Crippen LogP) is 1.40. The highest BCUT2D eigenvalue weighted by molar-refractivity contribution is 5.85. The van der Waals surface area contributed by atoms with Crippen LogP contribution in [0.4, 0.5) is 0 Å². The van der Waals surface area contributed by atoms with Crippen LogP contribution in [0, 0.1) is 5.92 Å². The van der Waals surface area contributed by atoms with E-state index in [1.807, 2.05) is 24.3 Å². The largest absolute Gasteiger partial charge is 0.496 e. The first-order valence-corrected chi connectivity index (χ1v) is 7.46. The second-order valence-corrected chi connectivity index (χ2v) is 5.70. The maximum atomic E-state index is 12.1. The summed E-state index contributed by atoms with van der Waals surface area (Å²) in [6.45, 7) is 4.70. The van der Waals surface area contributed by atoms with E-state index < -0.39 is 0 Å². The number of nitrogens with one attached hydrogen (secondary N) is 1. The fraction of sp³-hybridized carbons (Fsp3) is 0.562. The summed E-state index contributed by atoms with van der Waals surface area (Å²) in [6.07, 6.45) is 1.08. The molecule has 3 N–H and O–H groups in total. The van der Waals surface area contributed by atoms with Gasteiger partial charge in [-0.1, -0.05) is 18.2 Å². The molecule has 2 unspecified atom stereocenters. The summed E-state index contributed by atoms with van der Waals surface area (Å²) >= 11 is 0. The summed E-state index contributed by atoms with van der Waals surface area (Å²) in [7, 11) is 1.64. The van der Waals surface area contributed by atoms with Crippen LogP contribution in [0.25, 0.3) is 0 Å². The number of nitrogens with two attached hydrogens (primary N) is 1. The maximum Gasteiger partial charge on any atom is 0.234 e. The van der Waals surface area contributed by atoms with Crippen LogP contribution in [0.5, 0.6) is 5.75 Å². The van der Waals surface area contributed by atoms with Gasteiger partial charge in [-0.15, -0.1) is 12.4 Å². The van der Waals surface area contributed by atoms with Gasteiger partial charge >= 0.3 is 0 Å². The van der Waals surface area contributed by atoms with Crippen LogP contribution in [0.1, 0.15) is 18.9 Å². The maximum absolute atomic E-state index is 12.1. The van der Waals surface area contributed by atoms with Gasteiger partial charge in [-0.25, -0.2) is 0 Å². The van der Waals surface area contributed by atoms with E-state index in [-0.39, 0.29) is 18.3 Å². The van der Waals surface area contributed by atoms with E-state index in [0.717, 1.165) is 24.3 Å². The number of ether oxygens (including phenoxy) is 1. The highest BCUT2D eigenvalue weighted by atomic mass is 35.5. The van der Waals surface area contributed by atoms with E-state index >= 15 is 0 Å². The quantitative estimate of drug-likeness (QED) is 0.829. The molecule has 1 heterocycles. The molecule has 1 amide bonds. The molecule has 124 valence electrons. The molecular formula is C16H26ClN3O2. The van der Waals surface area contributed by atoms with Crippen molar-refractivity contribution in [3.63, 3.8) is 0 Å². The van der Waals surface area contributed by atoms with Gasteiger partial charge in [0, 0.05) is 24.7 Å². The topological polar surface area (TPSA) is 67.6 Å². The summed E-state index contributed by atoms with van der Waals surface area (Å²) in [5, 5.41) is 2.96. The lowest BCUT2D eigenvalue weighted by molar-refractivity contribution is -0.122. The Bertz CT molecular complexity index is 484. The Morgan fingerprint density at radius 3 is 2.82 bits per heavy atom. The van der Waals surface area contributed by atoms with Crippen molar-refractivity contribution in [3.05, 3.63) is 29.8 Å². The third-order valence-corrected chi connectivity index (χ3v) is 4.14. The van der Waals surface area contributed by atoms with Crippen molar-refractivity contribution in [1.29, 1.82) is 0 Å². The van der Waals surface area contributed by atoms with E-state index in [9.17, 15) is 4.79 Å². The number of nitrogens with zero attached hydrogens (tertiary/aromatic N) is 1. The Labute approximate surface area is 138 Å². The van der Waals surface area contributed by atoms with Crippen LogP contribution in [0.15, 0.2) is 24.3 Å². The second-order valence-electron chi connectivity index (χ2n) is 5.70. The first-order chi connectivity index (χ1) is 10.1. The summed E-state index contributed by atoms with van der Waals surface area (Å²) in [5.74, 6) is 1.36. The number of benzene rings is 1. The molecule has 5 nitrogen and oxygen atoms in total. The van der Waals surface area contributed by atoms with Gasteiger partial charge in [0.2, 0.25) is 5.91 Å². The molecule has 0 aliphatic carbocycles. The molecule has 0 saturated carbocycles. The molecule has 1 aliphatic heterocycles. The first-order valence-electron chi connectivity index (χ1n) is 7.46. The summed E-state index contributed by atoms with van der Waals surface area (Å²) in [6, 6.07) is 8.15. The molecule has 1 aromatic rings. The normalized spacial score (nSPS) is 21.2. The smallest absolute Gasteiger partial charge is 0.234 e. The van der Waals surface area contributed by atoms with Gasteiger partial charge in [0.05, 0.1) is 13.7 Å². The van der Waals surface area contributed by atoms with Gasteiger partial charge < -0.3 is 15.8 Å². The molecular weight excluding hydrogens is 302 g/mol. The number of hydrogen-bond acceptors (Lipinski definition) is 4. The Balaban J connectivity index is 0.00000242. The lowest BCUT2D eigenvalue weighted by Gasteiger charge is -2.20. The highest BCUT2D eigenvalue weighted by Crippen LogP contribution is 2.21. The molecule has 0 aromatic heterocycles. The summed E-state index contributed by atoms with van der Waals surface area (Å²) in [4.78, 5) is 14.3. The molecule has 22 heavy (non-hydrogen) atoms. The molecule has 0 spiro atoms. The number of amides is 1. The Morgan fingerprint density at radius 1 is 1.45 bits per heavy atom. The van der Waals surface area contributed by atoms with Gasteiger partial charge in [-0.2, -0.15) is 0 Å². The van der Waals surface area contributed by atoms with E-state index in [4.69, 9.17) is 10.5 Å². The average molecular weight is 328 g/mol. The molecule has 0 radical (unpaired) electrons. The number of methoxy groups -OCH3 is 1. The number of rotatable bonds is 6. The summed E-state index contributed by atoms with van der Waals surface area (Å²) in [5.41, 5.74) is 6.70. The number of halogens is 1.